The summed E-state index contributed by atoms with van der Waals surface area (Å²) in [6, 6.07) is 0.282. The summed E-state index contributed by atoms with van der Waals surface area (Å²) in [7, 11) is -3.30. The van der Waals surface area contributed by atoms with Gasteiger partial charge in [0.15, 0.2) is 0 Å². The second-order valence-electron chi connectivity index (χ2n) is 7.01. The summed E-state index contributed by atoms with van der Waals surface area (Å²) < 4.78 is 25.0. The van der Waals surface area contributed by atoms with Crippen LogP contribution in [0.5, 0.6) is 0 Å². The van der Waals surface area contributed by atoms with Gasteiger partial charge in [-0.3, -0.25) is 4.79 Å². The van der Waals surface area contributed by atoms with Crippen LogP contribution < -0.4 is 5.32 Å². The van der Waals surface area contributed by atoms with Crippen LogP contribution >= 0.6 is 0 Å². The van der Waals surface area contributed by atoms with Crippen LogP contribution in [0.3, 0.4) is 0 Å². The van der Waals surface area contributed by atoms with Gasteiger partial charge in [-0.1, -0.05) is 6.42 Å². The Morgan fingerprint density at radius 1 is 1.14 bits per heavy atom. The molecule has 6 nitrogen and oxygen atoms in total. The molecule has 1 N–H and O–H groups in total. The zero-order valence-corrected chi connectivity index (χ0v) is 14.1. The standard InChI is InChI=1S/C15H27N3O3S/c1-22(20,21)18-8-3-2-4-14(18)15(19)16-10-12-7-9-17(11-12)13-5-6-13/h12-14H,2-11H2,1H3,(H,16,19)/t12-,14+/m0/s1. The van der Waals surface area contributed by atoms with E-state index in [1.807, 2.05) is 0 Å². The molecule has 2 aliphatic heterocycles. The van der Waals surface area contributed by atoms with Gasteiger partial charge in [-0.05, 0) is 44.6 Å². The SMILES string of the molecule is CS(=O)(=O)N1CCCC[C@@H]1C(=O)NC[C@@H]1CCN(C2CC2)C1. The van der Waals surface area contributed by atoms with Crippen molar-refractivity contribution in [3.63, 3.8) is 0 Å². The van der Waals surface area contributed by atoms with E-state index in [4.69, 9.17) is 0 Å². The molecule has 2 heterocycles. The Morgan fingerprint density at radius 2 is 1.91 bits per heavy atom. The lowest BCUT2D eigenvalue weighted by molar-refractivity contribution is -0.125. The van der Waals surface area contributed by atoms with E-state index < -0.39 is 16.1 Å². The number of carbonyl (C=O) groups excluding carboxylic acids is 1. The van der Waals surface area contributed by atoms with Crippen molar-refractivity contribution in [2.75, 3.05) is 32.4 Å². The predicted molar refractivity (Wildman–Crippen MR) is 84.9 cm³/mol. The third-order valence-electron chi connectivity index (χ3n) is 5.13. The molecule has 126 valence electrons. The van der Waals surface area contributed by atoms with Crippen LogP contribution in [0.1, 0.15) is 38.5 Å². The zero-order valence-electron chi connectivity index (χ0n) is 13.3. The second-order valence-corrected chi connectivity index (χ2v) is 8.95. The second kappa shape index (κ2) is 6.45. The average Bonchev–Trinajstić information content (AvgIpc) is 3.23. The summed E-state index contributed by atoms with van der Waals surface area (Å²) in [4.78, 5) is 14.9. The number of carbonyl (C=O) groups is 1. The fourth-order valence-electron chi connectivity index (χ4n) is 3.73. The summed E-state index contributed by atoms with van der Waals surface area (Å²) in [6.45, 7) is 3.36. The molecule has 0 unspecified atom stereocenters. The van der Waals surface area contributed by atoms with Gasteiger partial charge in [-0.2, -0.15) is 4.31 Å². The Labute approximate surface area is 133 Å². The number of sulfonamides is 1. The molecule has 7 heteroatoms. The Hall–Kier alpha value is -0.660. The van der Waals surface area contributed by atoms with Gasteiger partial charge in [0.1, 0.15) is 6.04 Å². The van der Waals surface area contributed by atoms with Crippen molar-refractivity contribution < 1.29 is 13.2 Å². The number of likely N-dealkylation sites (tertiary alicyclic amines) is 1. The van der Waals surface area contributed by atoms with Crippen LogP contribution in [0.15, 0.2) is 0 Å². The van der Waals surface area contributed by atoms with Gasteiger partial charge in [-0.25, -0.2) is 8.42 Å². The monoisotopic (exact) mass is 329 g/mol. The molecule has 0 spiro atoms. The van der Waals surface area contributed by atoms with Crippen LogP contribution in [0.2, 0.25) is 0 Å². The maximum Gasteiger partial charge on any atom is 0.238 e. The van der Waals surface area contributed by atoms with Gasteiger partial charge >= 0.3 is 0 Å². The molecule has 1 aliphatic carbocycles. The van der Waals surface area contributed by atoms with Gasteiger partial charge in [0, 0.05) is 25.7 Å². The highest BCUT2D eigenvalue weighted by Crippen LogP contribution is 2.31. The van der Waals surface area contributed by atoms with E-state index in [-0.39, 0.29) is 5.91 Å². The minimum absolute atomic E-state index is 0.116. The summed E-state index contributed by atoms with van der Waals surface area (Å²) in [5, 5.41) is 3.00. The topological polar surface area (TPSA) is 69.7 Å². The van der Waals surface area contributed by atoms with E-state index in [1.54, 1.807) is 0 Å². The van der Waals surface area contributed by atoms with Gasteiger partial charge in [0.05, 0.1) is 6.26 Å². The first-order valence-electron chi connectivity index (χ1n) is 8.44. The molecule has 3 rings (SSSR count). The number of rotatable bonds is 5. The Balaban J connectivity index is 1.50. The van der Waals surface area contributed by atoms with Gasteiger partial charge < -0.3 is 10.2 Å². The molecule has 22 heavy (non-hydrogen) atoms. The number of hydrogen-bond acceptors (Lipinski definition) is 4. The molecule has 3 fully saturated rings. The molecule has 2 saturated heterocycles. The average molecular weight is 329 g/mol. The van der Waals surface area contributed by atoms with Gasteiger partial charge in [-0.15, -0.1) is 0 Å². The maximum atomic E-state index is 12.4. The van der Waals surface area contributed by atoms with Crippen molar-refractivity contribution in [3.05, 3.63) is 0 Å². The normalized spacial score (nSPS) is 31.3. The number of nitrogens with one attached hydrogen (secondary N) is 1. The molecular formula is C15H27N3O3S. The zero-order chi connectivity index (χ0) is 15.7. The first kappa shape index (κ1) is 16.2. The summed E-state index contributed by atoms with van der Waals surface area (Å²) in [5.41, 5.74) is 0. The predicted octanol–water partition coefficient (Wildman–Crippen LogP) is 0.401. The van der Waals surface area contributed by atoms with E-state index in [0.717, 1.165) is 38.4 Å². The van der Waals surface area contributed by atoms with E-state index in [2.05, 4.69) is 10.2 Å². The van der Waals surface area contributed by atoms with Crippen molar-refractivity contribution in [2.24, 2.45) is 5.92 Å². The maximum absolute atomic E-state index is 12.4. The minimum Gasteiger partial charge on any atom is -0.354 e. The van der Waals surface area contributed by atoms with Crippen molar-refractivity contribution in [1.82, 2.24) is 14.5 Å². The van der Waals surface area contributed by atoms with Crippen LogP contribution in [-0.2, 0) is 14.8 Å². The van der Waals surface area contributed by atoms with E-state index in [9.17, 15) is 13.2 Å². The number of hydrogen-bond donors (Lipinski definition) is 1. The smallest absolute Gasteiger partial charge is 0.238 e. The minimum atomic E-state index is -3.30. The van der Waals surface area contributed by atoms with Crippen LogP contribution in [-0.4, -0.2) is 68.0 Å². The Kier molecular flexibility index (Phi) is 4.75. The molecule has 1 saturated carbocycles. The highest BCUT2D eigenvalue weighted by atomic mass is 32.2. The van der Waals surface area contributed by atoms with E-state index >= 15 is 0 Å². The molecule has 3 aliphatic rings. The molecule has 1 amide bonds. The van der Waals surface area contributed by atoms with Crippen LogP contribution in [0, 0.1) is 5.92 Å². The number of amides is 1. The third kappa shape index (κ3) is 3.81. The Bertz CT molecular complexity index is 518. The van der Waals surface area contributed by atoms with Gasteiger partial charge in [0.2, 0.25) is 15.9 Å². The van der Waals surface area contributed by atoms with Crippen molar-refractivity contribution >= 4 is 15.9 Å². The molecule has 0 aromatic heterocycles. The summed E-state index contributed by atoms with van der Waals surface area (Å²) >= 11 is 0. The van der Waals surface area contributed by atoms with Crippen molar-refractivity contribution in [1.29, 1.82) is 0 Å². The third-order valence-corrected chi connectivity index (χ3v) is 6.42. The molecule has 0 radical (unpaired) electrons. The Morgan fingerprint density at radius 3 is 2.59 bits per heavy atom. The van der Waals surface area contributed by atoms with E-state index in [0.29, 0.717) is 25.4 Å². The fraction of sp³-hybridized carbons (Fsp3) is 0.933. The number of nitrogens with zero attached hydrogens (tertiary/aromatic N) is 2. The van der Waals surface area contributed by atoms with Crippen LogP contribution in [0.4, 0.5) is 0 Å². The lowest BCUT2D eigenvalue weighted by Crippen LogP contribution is -2.52. The van der Waals surface area contributed by atoms with Gasteiger partial charge in [0.25, 0.3) is 0 Å². The van der Waals surface area contributed by atoms with Crippen molar-refractivity contribution in [2.45, 2.75) is 50.6 Å². The highest BCUT2D eigenvalue weighted by Gasteiger charge is 2.36. The van der Waals surface area contributed by atoms with Crippen molar-refractivity contribution in [3.8, 4) is 0 Å². The van der Waals surface area contributed by atoms with Crippen LogP contribution in [0.25, 0.3) is 0 Å². The lowest BCUT2D eigenvalue weighted by atomic mass is 10.0. The van der Waals surface area contributed by atoms with E-state index in [1.165, 1.54) is 23.4 Å². The molecule has 0 aromatic rings. The summed E-state index contributed by atoms with van der Waals surface area (Å²) in [5.74, 6) is 0.398. The largest absolute Gasteiger partial charge is 0.354 e. The quantitative estimate of drug-likeness (QED) is 0.793. The molecule has 0 aromatic carbocycles. The molecule has 2 atom stereocenters. The molecule has 0 bridgehead atoms. The highest BCUT2D eigenvalue weighted by molar-refractivity contribution is 7.88. The fourth-order valence-corrected chi connectivity index (χ4v) is 4.85. The molecular weight excluding hydrogens is 302 g/mol. The lowest BCUT2D eigenvalue weighted by Gasteiger charge is -2.32. The summed E-state index contributed by atoms with van der Waals surface area (Å²) in [6.07, 6.45) is 7.38. The number of piperidine rings is 1. The first-order chi connectivity index (χ1) is 10.4. The first-order valence-corrected chi connectivity index (χ1v) is 10.3.